The number of aryl methyl sites for hydroxylation is 2. The minimum absolute atomic E-state index is 0.191. The van der Waals surface area contributed by atoms with Crippen LogP contribution in [0.1, 0.15) is 21.7 Å². The summed E-state index contributed by atoms with van der Waals surface area (Å²) in [6.07, 6.45) is 0. The highest BCUT2D eigenvalue weighted by molar-refractivity contribution is 6.03. The van der Waals surface area contributed by atoms with Gasteiger partial charge in [0.2, 0.25) is 0 Å². The molecule has 124 valence electrons. The Morgan fingerprint density at radius 2 is 1.83 bits per heavy atom. The number of ether oxygens (including phenoxy) is 2. The largest absolute Gasteiger partial charge is 0.493 e. The van der Waals surface area contributed by atoms with E-state index in [-0.39, 0.29) is 11.9 Å². The van der Waals surface area contributed by atoms with Crippen molar-refractivity contribution in [2.24, 2.45) is 0 Å². The van der Waals surface area contributed by atoms with E-state index < -0.39 is 0 Å². The summed E-state index contributed by atoms with van der Waals surface area (Å²) in [5.74, 6) is 1.31. The zero-order valence-corrected chi connectivity index (χ0v) is 13.8. The molecule has 0 aliphatic rings. The second-order valence-electron chi connectivity index (χ2n) is 5.21. The van der Waals surface area contributed by atoms with Gasteiger partial charge in [-0.25, -0.2) is 4.98 Å². The number of carbonyl (C=O) groups excluding carboxylic acids is 1. The molecule has 3 rings (SSSR count). The van der Waals surface area contributed by atoms with Gasteiger partial charge in [0.05, 0.1) is 14.2 Å². The van der Waals surface area contributed by atoms with Crippen LogP contribution in [0, 0.1) is 13.8 Å². The summed E-state index contributed by atoms with van der Waals surface area (Å²) in [5.41, 5.74) is 2.13. The molecule has 0 spiro atoms. The van der Waals surface area contributed by atoms with Crippen LogP contribution in [0.25, 0.3) is 5.78 Å². The van der Waals surface area contributed by atoms with Crippen LogP contribution in [0.4, 0.5) is 5.95 Å². The van der Waals surface area contributed by atoms with Gasteiger partial charge in [-0.05, 0) is 38.1 Å². The number of methoxy groups -OCH3 is 2. The van der Waals surface area contributed by atoms with Crippen molar-refractivity contribution in [2.75, 3.05) is 19.5 Å². The van der Waals surface area contributed by atoms with Crippen LogP contribution in [0.2, 0.25) is 0 Å². The summed E-state index contributed by atoms with van der Waals surface area (Å²) in [6, 6.07) is 6.79. The highest BCUT2D eigenvalue weighted by atomic mass is 16.5. The lowest BCUT2D eigenvalue weighted by molar-refractivity contribution is 0.102. The van der Waals surface area contributed by atoms with Gasteiger partial charge in [-0.3, -0.25) is 10.1 Å². The van der Waals surface area contributed by atoms with Crippen molar-refractivity contribution < 1.29 is 14.3 Å². The van der Waals surface area contributed by atoms with E-state index in [9.17, 15) is 4.79 Å². The molecule has 2 heterocycles. The number of amides is 1. The highest BCUT2D eigenvalue weighted by Crippen LogP contribution is 2.27. The first-order chi connectivity index (χ1) is 11.5. The molecule has 0 bridgehead atoms. The van der Waals surface area contributed by atoms with E-state index in [2.05, 4.69) is 20.4 Å². The van der Waals surface area contributed by atoms with Crippen molar-refractivity contribution in [3.05, 3.63) is 41.2 Å². The first-order valence-electron chi connectivity index (χ1n) is 7.26. The summed E-state index contributed by atoms with van der Waals surface area (Å²) in [5, 5.41) is 6.92. The molecule has 1 amide bonds. The van der Waals surface area contributed by atoms with Crippen molar-refractivity contribution in [2.45, 2.75) is 13.8 Å². The number of nitrogens with zero attached hydrogens (tertiary/aromatic N) is 4. The van der Waals surface area contributed by atoms with Crippen molar-refractivity contribution in [3.8, 4) is 11.5 Å². The van der Waals surface area contributed by atoms with Gasteiger partial charge in [0.1, 0.15) is 0 Å². The normalized spacial score (nSPS) is 10.7. The van der Waals surface area contributed by atoms with Crippen molar-refractivity contribution in [1.82, 2.24) is 19.6 Å². The summed E-state index contributed by atoms with van der Waals surface area (Å²) in [4.78, 5) is 20.9. The number of aromatic nitrogens is 4. The van der Waals surface area contributed by atoms with Gasteiger partial charge < -0.3 is 9.47 Å². The smallest absolute Gasteiger partial charge is 0.258 e. The lowest BCUT2D eigenvalue weighted by Gasteiger charge is -2.08. The predicted molar refractivity (Wildman–Crippen MR) is 87.8 cm³/mol. The molecule has 0 saturated heterocycles. The molecular weight excluding hydrogens is 310 g/mol. The summed E-state index contributed by atoms with van der Waals surface area (Å²) in [6.45, 7) is 3.78. The maximum atomic E-state index is 12.4. The average molecular weight is 327 g/mol. The SMILES string of the molecule is COc1ccc(C(=O)Nc2nc3nc(C)cc(C)n3n2)cc1OC. The number of nitrogens with one attached hydrogen (secondary N) is 1. The molecule has 0 fully saturated rings. The van der Waals surface area contributed by atoms with E-state index in [1.807, 2.05) is 19.9 Å². The quantitative estimate of drug-likeness (QED) is 0.788. The molecule has 8 nitrogen and oxygen atoms in total. The van der Waals surface area contributed by atoms with Crippen LogP contribution in [0.3, 0.4) is 0 Å². The third kappa shape index (κ3) is 2.85. The molecule has 1 N–H and O–H groups in total. The first kappa shape index (κ1) is 15.7. The Morgan fingerprint density at radius 3 is 2.54 bits per heavy atom. The Hall–Kier alpha value is -3.16. The number of fused-ring (bicyclic) bond motifs is 1. The third-order valence-electron chi connectivity index (χ3n) is 3.49. The van der Waals surface area contributed by atoms with E-state index in [1.165, 1.54) is 14.2 Å². The lowest BCUT2D eigenvalue weighted by atomic mass is 10.2. The molecule has 24 heavy (non-hydrogen) atoms. The molecule has 0 aliphatic carbocycles. The van der Waals surface area contributed by atoms with Gasteiger partial charge >= 0.3 is 0 Å². The van der Waals surface area contributed by atoms with Gasteiger partial charge in [-0.2, -0.15) is 9.50 Å². The third-order valence-corrected chi connectivity index (χ3v) is 3.49. The number of rotatable bonds is 4. The van der Waals surface area contributed by atoms with Crippen LogP contribution >= 0.6 is 0 Å². The minimum Gasteiger partial charge on any atom is -0.493 e. The van der Waals surface area contributed by atoms with Crippen molar-refractivity contribution in [3.63, 3.8) is 0 Å². The number of benzene rings is 1. The summed E-state index contributed by atoms with van der Waals surface area (Å²) < 4.78 is 11.9. The molecule has 0 saturated carbocycles. The molecule has 0 unspecified atom stereocenters. The number of hydrogen-bond acceptors (Lipinski definition) is 6. The highest BCUT2D eigenvalue weighted by Gasteiger charge is 2.14. The van der Waals surface area contributed by atoms with E-state index in [0.29, 0.717) is 22.8 Å². The predicted octanol–water partition coefficient (Wildman–Crippen LogP) is 2.01. The fraction of sp³-hybridized carbons (Fsp3) is 0.250. The second-order valence-corrected chi connectivity index (χ2v) is 5.21. The van der Waals surface area contributed by atoms with E-state index in [0.717, 1.165) is 11.4 Å². The number of hydrogen-bond donors (Lipinski definition) is 1. The molecule has 1 aromatic carbocycles. The summed E-state index contributed by atoms with van der Waals surface area (Å²) >= 11 is 0. The van der Waals surface area contributed by atoms with E-state index in [4.69, 9.17) is 9.47 Å². The zero-order valence-electron chi connectivity index (χ0n) is 13.8. The van der Waals surface area contributed by atoms with Crippen LogP contribution in [-0.4, -0.2) is 39.7 Å². The maximum Gasteiger partial charge on any atom is 0.258 e. The topological polar surface area (TPSA) is 90.6 Å². The van der Waals surface area contributed by atoms with Gasteiger partial charge in [0.15, 0.2) is 11.5 Å². The number of carbonyl (C=O) groups is 1. The van der Waals surface area contributed by atoms with Gasteiger partial charge in [-0.15, -0.1) is 5.10 Å². The lowest BCUT2D eigenvalue weighted by Crippen LogP contribution is -2.13. The molecule has 0 atom stereocenters. The second kappa shape index (κ2) is 6.15. The van der Waals surface area contributed by atoms with Gasteiger partial charge in [0.25, 0.3) is 17.6 Å². The molecule has 2 aromatic heterocycles. The van der Waals surface area contributed by atoms with Crippen LogP contribution < -0.4 is 14.8 Å². The Bertz CT molecular complexity index is 919. The summed E-state index contributed by atoms with van der Waals surface area (Å²) in [7, 11) is 3.05. The molecule has 0 radical (unpaired) electrons. The van der Waals surface area contributed by atoms with E-state index in [1.54, 1.807) is 22.7 Å². The first-order valence-corrected chi connectivity index (χ1v) is 7.26. The Morgan fingerprint density at radius 1 is 1.08 bits per heavy atom. The molecule has 0 aliphatic heterocycles. The Labute approximate surface area is 138 Å². The maximum absolute atomic E-state index is 12.4. The van der Waals surface area contributed by atoms with E-state index >= 15 is 0 Å². The van der Waals surface area contributed by atoms with Crippen molar-refractivity contribution >= 4 is 17.6 Å². The number of anilines is 1. The van der Waals surface area contributed by atoms with Crippen LogP contribution in [0.15, 0.2) is 24.3 Å². The Balaban J connectivity index is 1.88. The monoisotopic (exact) mass is 327 g/mol. The van der Waals surface area contributed by atoms with Crippen molar-refractivity contribution in [1.29, 1.82) is 0 Å². The minimum atomic E-state index is -0.346. The fourth-order valence-electron chi connectivity index (χ4n) is 2.37. The Kier molecular flexibility index (Phi) is 4.03. The zero-order chi connectivity index (χ0) is 17.3. The molecular formula is C16H17N5O3. The standard InChI is InChI=1S/C16H17N5O3/c1-9-7-10(2)21-16(17-9)19-15(20-21)18-14(22)11-5-6-12(23-3)13(8-11)24-4/h5-8H,1-4H3,(H,18,20,22). The molecule has 8 heteroatoms. The molecule has 3 aromatic rings. The van der Waals surface area contributed by atoms with Crippen LogP contribution in [-0.2, 0) is 0 Å². The van der Waals surface area contributed by atoms with Gasteiger partial charge in [0, 0.05) is 17.0 Å². The fourth-order valence-corrected chi connectivity index (χ4v) is 2.37. The van der Waals surface area contributed by atoms with Crippen LogP contribution in [0.5, 0.6) is 11.5 Å². The average Bonchev–Trinajstić information content (AvgIpc) is 2.96. The van der Waals surface area contributed by atoms with Gasteiger partial charge in [-0.1, -0.05) is 0 Å².